The Hall–Kier alpha value is -2.11. The summed E-state index contributed by atoms with van der Waals surface area (Å²) in [6.07, 6.45) is -1.50. The molecule has 0 bridgehead atoms. The monoisotopic (exact) mass is 270 g/mol. The van der Waals surface area contributed by atoms with Crippen LogP contribution in [0.2, 0.25) is 0 Å². The summed E-state index contributed by atoms with van der Waals surface area (Å²) in [7, 11) is 0. The zero-order chi connectivity index (χ0) is 13.9. The van der Waals surface area contributed by atoms with E-state index in [4.69, 9.17) is 0 Å². The predicted octanol–water partition coefficient (Wildman–Crippen LogP) is 3.85. The SMILES string of the molecule is Fc1ccc(NCc2cccnc2)cc1C(F)(F)F. The van der Waals surface area contributed by atoms with E-state index in [2.05, 4.69) is 10.3 Å². The molecule has 2 nitrogen and oxygen atoms in total. The number of halogens is 4. The van der Waals surface area contributed by atoms with Gasteiger partial charge in [-0.05, 0) is 29.8 Å². The van der Waals surface area contributed by atoms with Crippen molar-refractivity contribution in [1.29, 1.82) is 0 Å². The third-order valence-electron chi connectivity index (χ3n) is 2.49. The standard InChI is InChI=1S/C13H10F4N2/c14-12-4-3-10(6-11(12)13(15,16)17)19-8-9-2-1-5-18-7-9/h1-7,19H,8H2. The number of benzene rings is 1. The molecule has 0 unspecified atom stereocenters. The van der Waals surface area contributed by atoms with Gasteiger partial charge in [0.15, 0.2) is 0 Å². The van der Waals surface area contributed by atoms with Crippen LogP contribution in [0.25, 0.3) is 0 Å². The van der Waals surface area contributed by atoms with Gasteiger partial charge in [0, 0.05) is 24.6 Å². The van der Waals surface area contributed by atoms with Crippen molar-refractivity contribution in [2.45, 2.75) is 12.7 Å². The van der Waals surface area contributed by atoms with E-state index >= 15 is 0 Å². The molecule has 1 aromatic carbocycles. The Morgan fingerprint density at radius 1 is 1.16 bits per heavy atom. The topological polar surface area (TPSA) is 24.9 Å². The first-order valence-corrected chi connectivity index (χ1v) is 5.46. The van der Waals surface area contributed by atoms with Crippen molar-refractivity contribution < 1.29 is 17.6 Å². The molecule has 0 aliphatic heterocycles. The predicted molar refractivity (Wildman–Crippen MR) is 63.0 cm³/mol. The largest absolute Gasteiger partial charge is 0.419 e. The maximum atomic E-state index is 13.1. The Morgan fingerprint density at radius 3 is 2.58 bits per heavy atom. The van der Waals surface area contributed by atoms with Crippen molar-refractivity contribution in [2.75, 3.05) is 5.32 Å². The van der Waals surface area contributed by atoms with Gasteiger partial charge in [-0.2, -0.15) is 13.2 Å². The zero-order valence-electron chi connectivity index (χ0n) is 9.71. The summed E-state index contributed by atoms with van der Waals surface area (Å²) in [6.45, 7) is 0.316. The minimum atomic E-state index is -4.70. The molecule has 0 fully saturated rings. The molecule has 2 rings (SSSR count). The van der Waals surface area contributed by atoms with Gasteiger partial charge in [0.1, 0.15) is 5.82 Å². The molecule has 0 atom stereocenters. The lowest BCUT2D eigenvalue weighted by Gasteiger charge is -2.11. The number of pyridine rings is 1. The molecule has 100 valence electrons. The molecule has 1 aromatic heterocycles. The van der Waals surface area contributed by atoms with E-state index in [1.807, 2.05) is 0 Å². The number of rotatable bonds is 3. The molecular weight excluding hydrogens is 260 g/mol. The second-order valence-electron chi connectivity index (χ2n) is 3.91. The van der Waals surface area contributed by atoms with E-state index < -0.39 is 17.6 Å². The fourth-order valence-corrected chi connectivity index (χ4v) is 1.56. The van der Waals surface area contributed by atoms with E-state index in [1.54, 1.807) is 24.5 Å². The molecule has 0 saturated heterocycles. The van der Waals surface area contributed by atoms with Crippen LogP contribution in [0.5, 0.6) is 0 Å². The average molecular weight is 270 g/mol. The summed E-state index contributed by atoms with van der Waals surface area (Å²) in [5.41, 5.74) is -0.248. The molecule has 6 heteroatoms. The lowest BCUT2D eigenvalue weighted by molar-refractivity contribution is -0.139. The highest BCUT2D eigenvalue weighted by Crippen LogP contribution is 2.33. The maximum Gasteiger partial charge on any atom is 0.419 e. The Bertz CT molecular complexity index is 552. The highest BCUT2D eigenvalue weighted by atomic mass is 19.4. The van der Waals surface area contributed by atoms with Crippen molar-refractivity contribution in [3.63, 3.8) is 0 Å². The van der Waals surface area contributed by atoms with Gasteiger partial charge in [0.25, 0.3) is 0 Å². The first kappa shape index (κ1) is 13.3. The van der Waals surface area contributed by atoms with Gasteiger partial charge in [0.05, 0.1) is 5.56 Å². The molecule has 0 spiro atoms. The molecule has 1 N–H and O–H groups in total. The van der Waals surface area contributed by atoms with Gasteiger partial charge in [-0.15, -0.1) is 0 Å². The number of hydrogen-bond acceptors (Lipinski definition) is 2. The fraction of sp³-hybridized carbons (Fsp3) is 0.154. The average Bonchev–Trinajstić information content (AvgIpc) is 2.37. The molecule has 1 heterocycles. The Morgan fingerprint density at radius 2 is 1.95 bits per heavy atom. The number of nitrogens with zero attached hydrogens (tertiary/aromatic N) is 1. The normalized spacial score (nSPS) is 11.4. The van der Waals surface area contributed by atoms with E-state index in [9.17, 15) is 17.6 Å². The minimum absolute atomic E-state index is 0.206. The highest BCUT2D eigenvalue weighted by molar-refractivity contribution is 5.47. The molecule has 19 heavy (non-hydrogen) atoms. The Balaban J connectivity index is 2.14. The van der Waals surface area contributed by atoms with Gasteiger partial charge in [-0.3, -0.25) is 4.98 Å². The van der Waals surface area contributed by atoms with Crippen molar-refractivity contribution >= 4 is 5.69 Å². The van der Waals surface area contributed by atoms with Crippen LogP contribution in [0.1, 0.15) is 11.1 Å². The van der Waals surface area contributed by atoms with E-state index in [1.165, 1.54) is 6.07 Å². The summed E-state index contributed by atoms with van der Waals surface area (Å²) in [6, 6.07) is 6.33. The number of aromatic nitrogens is 1. The van der Waals surface area contributed by atoms with Crippen LogP contribution in [0.15, 0.2) is 42.7 Å². The first-order chi connectivity index (χ1) is 8.97. The Kier molecular flexibility index (Phi) is 3.69. The summed E-state index contributed by atoms with van der Waals surface area (Å²) in [4.78, 5) is 3.89. The van der Waals surface area contributed by atoms with E-state index in [-0.39, 0.29) is 5.69 Å². The van der Waals surface area contributed by atoms with Gasteiger partial charge in [-0.25, -0.2) is 4.39 Å². The number of hydrogen-bond donors (Lipinski definition) is 1. The van der Waals surface area contributed by atoms with Crippen LogP contribution in [0, 0.1) is 5.82 Å². The van der Waals surface area contributed by atoms with Crippen LogP contribution in [0.3, 0.4) is 0 Å². The molecule has 2 aromatic rings. The third-order valence-corrected chi connectivity index (χ3v) is 2.49. The number of anilines is 1. The van der Waals surface area contributed by atoms with Gasteiger partial charge in [0.2, 0.25) is 0 Å². The molecule has 0 aliphatic carbocycles. The number of nitrogens with one attached hydrogen (secondary N) is 1. The van der Waals surface area contributed by atoms with Gasteiger partial charge >= 0.3 is 6.18 Å². The van der Waals surface area contributed by atoms with Crippen molar-refractivity contribution in [3.05, 3.63) is 59.7 Å². The summed E-state index contributed by atoms with van der Waals surface area (Å²) < 4.78 is 50.6. The van der Waals surface area contributed by atoms with Crippen molar-refractivity contribution in [2.24, 2.45) is 0 Å². The second-order valence-corrected chi connectivity index (χ2v) is 3.91. The van der Waals surface area contributed by atoms with Crippen molar-refractivity contribution in [1.82, 2.24) is 4.98 Å². The lowest BCUT2D eigenvalue weighted by Crippen LogP contribution is -2.09. The Labute approximate surface area is 107 Å². The quantitative estimate of drug-likeness (QED) is 0.857. The lowest BCUT2D eigenvalue weighted by atomic mass is 10.1. The number of alkyl halides is 3. The van der Waals surface area contributed by atoms with E-state index in [0.29, 0.717) is 6.54 Å². The first-order valence-electron chi connectivity index (χ1n) is 5.46. The molecule has 0 saturated carbocycles. The van der Waals surface area contributed by atoms with Crippen molar-refractivity contribution in [3.8, 4) is 0 Å². The summed E-state index contributed by atoms with van der Waals surface area (Å²) >= 11 is 0. The maximum absolute atomic E-state index is 13.1. The van der Waals surface area contributed by atoms with Gasteiger partial charge < -0.3 is 5.32 Å². The van der Waals surface area contributed by atoms with Crippen LogP contribution in [-0.4, -0.2) is 4.98 Å². The molecule has 0 amide bonds. The fourth-order valence-electron chi connectivity index (χ4n) is 1.56. The van der Waals surface area contributed by atoms with Crippen LogP contribution >= 0.6 is 0 Å². The minimum Gasteiger partial charge on any atom is -0.381 e. The smallest absolute Gasteiger partial charge is 0.381 e. The summed E-state index contributed by atoms with van der Waals surface area (Å²) in [5, 5.41) is 2.79. The van der Waals surface area contributed by atoms with E-state index in [0.717, 1.165) is 17.7 Å². The second kappa shape index (κ2) is 5.26. The van der Waals surface area contributed by atoms with Crippen LogP contribution in [0.4, 0.5) is 23.2 Å². The third kappa shape index (κ3) is 3.43. The molecular formula is C13H10F4N2. The molecule has 0 aliphatic rings. The zero-order valence-corrected chi connectivity index (χ0v) is 9.71. The van der Waals surface area contributed by atoms with Crippen LogP contribution < -0.4 is 5.32 Å². The summed E-state index contributed by atoms with van der Waals surface area (Å²) in [5.74, 6) is -1.28. The van der Waals surface area contributed by atoms with Gasteiger partial charge in [-0.1, -0.05) is 6.07 Å². The highest BCUT2D eigenvalue weighted by Gasteiger charge is 2.34. The van der Waals surface area contributed by atoms with Crippen LogP contribution in [-0.2, 0) is 12.7 Å². The molecule has 0 radical (unpaired) electrons.